The average Bonchev–Trinajstić information content (AvgIpc) is 2.82. The van der Waals surface area contributed by atoms with Gasteiger partial charge in [0.05, 0.1) is 27.4 Å². The lowest BCUT2D eigenvalue weighted by Gasteiger charge is -2.19. The van der Waals surface area contributed by atoms with Gasteiger partial charge in [0.25, 0.3) is 0 Å². The Morgan fingerprint density at radius 1 is 1.48 bits per heavy atom. The van der Waals surface area contributed by atoms with E-state index in [1.54, 1.807) is 24.4 Å². The van der Waals surface area contributed by atoms with Crippen molar-refractivity contribution in [3.63, 3.8) is 0 Å². The first kappa shape index (κ1) is 16.5. The molecule has 114 valence electrons. The van der Waals surface area contributed by atoms with E-state index in [9.17, 15) is 4.39 Å². The molecule has 0 aliphatic heterocycles. The highest BCUT2D eigenvalue weighted by Crippen LogP contribution is 2.28. The second kappa shape index (κ2) is 7.38. The number of nitrogens with zero attached hydrogens (tertiary/aromatic N) is 2. The minimum Gasteiger partial charge on any atom is -0.311 e. The summed E-state index contributed by atoms with van der Waals surface area (Å²) in [5.74, 6) is -0.350. The van der Waals surface area contributed by atoms with E-state index >= 15 is 0 Å². The van der Waals surface area contributed by atoms with E-state index in [1.165, 1.54) is 0 Å². The van der Waals surface area contributed by atoms with Gasteiger partial charge in [0.15, 0.2) is 0 Å². The van der Waals surface area contributed by atoms with Gasteiger partial charge in [-0.05, 0) is 47.4 Å². The quantitative estimate of drug-likeness (QED) is 0.814. The van der Waals surface area contributed by atoms with E-state index in [0.717, 1.165) is 23.1 Å². The van der Waals surface area contributed by atoms with Crippen molar-refractivity contribution in [2.75, 3.05) is 7.05 Å². The van der Waals surface area contributed by atoms with E-state index in [2.05, 4.69) is 33.3 Å². The van der Waals surface area contributed by atoms with Crippen LogP contribution in [0.15, 0.2) is 28.9 Å². The average molecular weight is 375 g/mol. The molecule has 1 unspecified atom stereocenters. The van der Waals surface area contributed by atoms with Crippen LogP contribution in [0.25, 0.3) is 0 Å². The molecule has 1 aromatic heterocycles. The van der Waals surface area contributed by atoms with Crippen LogP contribution in [0.2, 0.25) is 5.02 Å². The first-order chi connectivity index (χ1) is 10.1. The predicted octanol–water partition coefficient (Wildman–Crippen LogP) is 4.35. The highest BCUT2D eigenvalue weighted by Gasteiger charge is 2.20. The van der Waals surface area contributed by atoms with E-state index in [1.807, 2.05) is 11.7 Å². The minimum atomic E-state index is -0.350. The zero-order valence-electron chi connectivity index (χ0n) is 12.0. The second-order valence-corrected chi connectivity index (χ2v) is 6.12. The van der Waals surface area contributed by atoms with E-state index in [4.69, 9.17) is 11.6 Å². The molecule has 0 saturated heterocycles. The van der Waals surface area contributed by atoms with Crippen molar-refractivity contribution in [2.45, 2.75) is 32.4 Å². The first-order valence-electron chi connectivity index (χ1n) is 6.89. The van der Waals surface area contributed by atoms with Crippen molar-refractivity contribution in [1.29, 1.82) is 0 Å². The van der Waals surface area contributed by atoms with Crippen molar-refractivity contribution in [3.8, 4) is 0 Å². The van der Waals surface area contributed by atoms with Crippen LogP contribution in [0.4, 0.5) is 4.39 Å². The normalized spacial score (nSPS) is 12.6. The van der Waals surface area contributed by atoms with E-state index in [0.29, 0.717) is 12.0 Å². The third kappa shape index (κ3) is 3.65. The van der Waals surface area contributed by atoms with Crippen LogP contribution in [0.1, 0.15) is 30.6 Å². The van der Waals surface area contributed by atoms with Crippen molar-refractivity contribution >= 4 is 27.5 Å². The maximum atomic E-state index is 14.1. The second-order valence-electron chi connectivity index (χ2n) is 4.86. The number of benzene rings is 1. The molecule has 0 aliphatic carbocycles. The summed E-state index contributed by atoms with van der Waals surface area (Å²) >= 11 is 9.39. The predicted molar refractivity (Wildman–Crippen MR) is 87.1 cm³/mol. The molecule has 0 spiro atoms. The summed E-state index contributed by atoms with van der Waals surface area (Å²) in [5, 5.41) is 7.76. The van der Waals surface area contributed by atoms with Gasteiger partial charge in [-0.15, -0.1) is 0 Å². The first-order valence-corrected chi connectivity index (χ1v) is 8.06. The monoisotopic (exact) mass is 373 g/mol. The number of aryl methyl sites for hydroxylation is 1. The van der Waals surface area contributed by atoms with E-state index in [-0.39, 0.29) is 16.9 Å². The number of halogens is 3. The SMILES string of the molecule is CCCn1ncc(Br)c1C(Cc1cccc(Cl)c1F)NC. The summed E-state index contributed by atoms with van der Waals surface area (Å²) in [4.78, 5) is 0. The summed E-state index contributed by atoms with van der Waals surface area (Å²) in [6.07, 6.45) is 3.28. The fourth-order valence-electron chi connectivity index (χ4n) is 2.37. The molecule has 1 aromatic carbocycles. The van der Waals surface area contributed by atoms with Crippen molar-refractivity contribution in [2.24, 2.45) is 0 Å². The van der Waals surface area contributed by atoms with Crippen molar-refractivity contribution in [1.82, 2.24) is 15.1 Å². The Labute approximate surface area is 137 Å². The largest absolute Gasteiger partial charge is 0.311 e. The molecule has 21 heavy (non-hydrogen) atoms. The Morgan fingerprint density at radius 2 is 2.24 bits per heavy atom. The summed E-state index contributed by atoms with van der Waals surface area (Å²) in [6, 6.07) is 5.05. The summed E-state index contributed by atoms with van der Waals surface area (Å²) < 4.78 is 17.0. The fraction of sp³-hybridized carbons (Fsp3) is 0.400. The maximum Gasteiger partial charge on any atom is 0.145 e. The van der Waals surface area contributed by atoms with Crippen LogP contribution in [0.5, 0.6) is 0 Å². The van der Waals surface area contributed by atoms with Gasteiger partial charge in [0.1, 0.15) is 5.82 Å². The zero-order valence-corrected chi connectivity index (χ0v) is 14.4. The van der Waals surface area contributed by atoms with Gasteiger partial charge in [-0.2, -0.15) is 5.10 Å². The molecule has 3 nitrogen and oxygen atoms in total. The Balaban J connectivity index is 2.32. The molecule has 0 saturated carbocycles. The Kier molecular flexibility index (Phi) is 5.79. The molecular formula is C15H18BrClFN3. The molecule has 0 amide bonds. The molecule has 1 atom stereocenters. The highest BCUT2D eigenvalue weighted by molar-refractivity contribution is 9.10. The van der Waals surface area contributed by atoms with Gasteiger partial charge in [0, 0.05) is 6.54 Å². The highest BCUT2D eigenvalue weighted by atomic mass is 79.9. The van der Waals surface area contributed by atoms with Crippen LogP contribution < -0.4 is 5.32 Å². The lowest BCUT2D eigenvalue weighted by molar-refractivity contribution is 0.487. The lowest BCUT2D eigenvalue weighted by Crippen LogP contribution is -2.23. The van der Waals surface area contributed by atoms with Gasteiger partial charge in [-0.3, -0.25) is 4.68 Å². The molecule has 0 radical (unpaired) electrons. The molecule has 1 N–H and O–H groups in total. The number of rotatable bonds is 6. The molecule has 0 aliphatic rings. The molecule has 0 bridgehead atoms. The van der Waals surface area contributed by atoms with Crippen molar-refractivity contribution < 1.29 is 4.39 Å². The Hall–Kier alpha value is -0.910. The van der Waals surface area contributed by atoms with Gasteiger partial charge in [-0.25, -0.2) is 4.39 Å². The number of nitrogens with one attached hydrogen (secondary N) is 1. The van der Waals surface area contributed by atoms with Gasteiger partial charge < -0.3 is 5.32 Å². The smallest absolute Gasteiger partial charge is 0.145 e. The molecule has 0 fully saturated rings. The van der Waals surface area contributed by atoms with Crippen LogP contribution in [0.3, 0.4) is 0 Å². The van der Waals surface area contributed by atoms with Crippen LogP contribution >= 0.6 is 27.5 Å². The molecule has 6 heteroatoms. The number of hydrogen-bond acceptors (Lipinski definition) is 2. The molecule has 2 rings (SSSR count). The minimum absolute atomic E-state index is 0.0404. The van der Waals surface area contributed by atoms with Gasteiger partial charge in [0.2, 0.25) is 0 Å². The number of hydrogen-bond donors (Lipinski definition) is 1. The number of aromatic nitrogens is 2. The van der Waals surface area contributed by atoms with E-state index < -0.39 is 0 Å². The van der Waals surface area contributed by atoms with Gasteiger partial charge >= 0.3 is 0 Å². The molecular weight excluding hydrogens is 357 g/mol. The van der Waals surface area contributed by atoms with Crippen LogP contribution in [-0.2, 0) is 13.0 Å². The Bertz CT molecular complexity index is 615. The van der Waals surface area contributed by atoms with Gasteiger partial charge in [-0.1, -0.05) is 30.7 Å². The summed E-state index contributed by atoms with van der Waals surface area (Å²) in [5.41, 5.74) is 1.62. The fourth-order valence-corrected chi connectivity index (χ4v) is 3.14. The third-order valence-electron chi connectivity index (χ3n) is 3.40. The summed E-state index contributed by atoms with van der Waals surface area (Å²) in [7, 11) is 1.86. The molecule has 2 aromatic rings. The van der Waals surface area contributed by atoms with Crippen LogP contribution in [-0.4, -0.2) is 16.8 Å². The molecule has 1 heterocycles. The third-order valence-corrected chi connectivity index (χ3v) is 4.31. The zero-order chi connectivity index (χ0) is 15.4. The number of likely N-dealkylation sites (N-methyl/N-ethyl adjacent to an activating group) is 1. The topological polar surface area (TPSA) is 29.9 Å². The lowest BCUT2D eigenvalue weighted by atomic mass is 10.0. The summed E-state index contributed by atoms with van der Waals surface area (Å²) in [6.45, 7) is 2.93. The standard InChI is InChI=1S/C15H18BrClFN3/c1-3-7-21-15(11(16)9-20-21)13(19-2)8-10-5-4-6-12(17)14(10)18/h4-6,9,13,19H,3,7-8H2,1-2H3. The van der Waals surface area contributed by atoms with Crippen LogP contribution in [0, 0.1) is 5.82 Å². The van der Waals surface area contributed by atoms with Crippen molar-refractivity contribution in [3.05, 3.63) is 51.0 Å². The maximum absolute atomic E-state index is 14.1. The Morgan fingerprint density at radius 3 is 2.90 bits per heavy atom.